The molecule has 2 aromatic rings. The minimum Gasteiger partial charge on any atom is -0.503 e. The van der Waals surface area contributed by atoms with Crippen LogP contribution in [0, 0.1) is 10.1 Å². The molecule has 0 radical (unpaired) electrons. The number of nitro benzene ring substituents is 1. The summed E-state index contributed by atoms with van der Waals surface area (Å²) in [7, 11) is 3.71. The maximum Gasteiger partial charge on any atom is 0.290 e. The quantitative estimate of drug-likeness (QED) is 0.435. The first-order chi connectivity index (χ1) is 13.3. The molecule has 1 aromatic carbocycles. The highest BCUT2D eigenvalue weighted by Gasteiger charge is 2.43. The summed E-state index contributed by atoms with van der Waals surface area (Å²) in [5.41, 5.74) is 0.439. The fourth-order valence-electron chi connectivity index (χ4n) is 3.09. The SMILES string of the molecule is CN(C)CCN1C(=O)C(O)=C(C(=O)c2cccs2)[C@H]1c1ccc([N+](=O)[O-])cc1. The lowest BCUT2D eigenvalue weighted by Crippen LogP contribution is -2.36. The van der Waals surface area contributed by atoms with Crippen molar-refractivity contribution in [3.8, 4) is 0 Å². The second kappa shape index (κ2) is 7.91. The average molecular weight is 401 g/mol. The van der Waals surface area contributed by atoms with Gasteiger partial charge in [0, 0.05) is 25.2 Å². The van der Waals surface area contributed by atoms with E-state index in [1.807, 2.05) is 19.0 Å². The van der Waals surface area contributed by atoms with Crippen LogP contribution in [-0.4, -0.2) is 58.7 Å². The largest absolute Gasteiger partial charge is 0.503 e. The van der Waals surface area contributed by atoms with E-state index >= 15 is 0 Å². The topological polar surface area (TPSA) is 104 Å². The van der Waals surface area contributed by atoms with E-state index in [0.717, 1.165) is 0 Å². The standard InChI is InChI=1S/C19H19N3O5S/c1-20(2)9-10-21-16(12-5-7-13(8-6-12)22(26)27)15(18(24)19(21)25)17(23)14-4-3-11-28-14/h3-8,11,16,24H,9-10H2,1-2H3/t16-/m1/s1. The normalized spacial score (nSPS) is 16.9. The van der Waals surface area contributed by atoms with E-state index in [1.54, 1.807) is 17.5 Å². The molecule has 2 heterocycles. The number of likely N-dealkylation sites (N-methyl/N-ethyl adjacent to an activating group) is 1. The first kappa shape index (κ1) is 19.7. The highest BCUT2D eigenvalue weighted by Crippen LogP contribution is 2.39. The van der Waals surface area contributed by atoms with Crippen molar-refractivity contribution in [2.45, 2.75) is 6.04 Å². The predicted octanol–water partition coefficient (Wildman–Crippen LogP) is 2.80. The number of nitrogens with zero attached hydrogens (tertiary/aromatic N) is 3. The molecule has 1 aromatic heterocycles. The van der Waals surface area contributed by atoms with Crippen LogP contribution in [0.1, 0.15) is 21.3 Å². The smallest absolute Gasteiger partial charge is 0.290 e. The van der Waals surface area contributed by atoms with Gasteiger partial charge in [-0.1, -0.05) is 6.07 Å². The van der Waals surface area contributed by atoms with Gasteiger partial charge in [-0.15, -0.1) is 11.3 Å². The lowest BCUT2D eigenvalue weighted by atomic mass is 9.95. The van der Waals surface area contributed by atoms with Crippen molar-refractivity contribution >= 4 is 28.7 Å². The second-order valence-electron chi connectivity index (χ2n) is 6.62. The number of carbonyl (C=O) groups excluding carboxylic acids is 2. The van der Waals surface area contributed by atoms with E-state index in [-0.39, 0.29) is 11.3 Å². The third kappa shape index (κ3) is 3.67. The monoisotopic (exact) mass is 401 g/mol. The molecule has 1 aliphatic rings. The Balaban J connectivity index is 2.05. The first-order valence-corrected chi connectivity index (χ1v) is 9.40. The highest BCUT2D eigenvalue weighted by atomic mass is 32.1. The van der Waals surface area contributed by atoms with Crippen LogP contribution >= 0.6 is 11.3 Å². The van der Waals surface area contributed by atoms with Gasteiger partial charge in [0.05, 0.1) is 21.4 Å². The van der Waals surface area contributed by atoms with Crippen molar-refractivity contribution in [1.29, 1.82) is 0 Å². The van der Waals surface area contributed by atoms with E-state index in [4.69, 9.17) is 0 Å². The van der Waals surface area contributed by atoms with E-state index in [2.05, 4.69) is 0 Å². The molecule has 1 atom stereocenters. The Morgan fingerprint density at radius 3 is 2.50 bits per heavy atom. The maximum absolute atomic E-state index is 13.0. The van der Waals surface area contributed by atoms with Crippen LogP contribution in [0.2, 0.25) is 0 Å². The Labute approximate surface area is 165 Å². The number of hydrogen-bond donors (Lipinski definition) is 1. The van der Waals surface area contributed by atoms with Gasteiger partial charge >= 0.3 is 0 Å². The van der Waals surface area contributed by atoms with Crippen molar-refractivity contribution in [2.24, 2.45) is 0 Å². The molecule has 0 saturated heterocycles. The lowest BCUT2D eigenvalue weighted by molar-refractivity contribution is -0.384. The molecule has 0 bridgehead atoms. The molecule has 9 heteroatoms. The van der Waals surface area contributed by atoms with Crippen LogP contribution in [0.3, 0.4) is 0 Å². The molecule has 8 nitrogen and oxygen atoms in total. The van der Waals surface area contributed by atoms with Crippen molar-refractivity contribution in [3.63, 3.8) is 0 Å². The van der Waals surface area contributed by atoms with Crippen LogP contribution < -0.4 is 0 Å². The molecule has 3 rings (SSSR count). The molecule has 0 unspecified atom stereocenters. The molecule has 0 aliphatic carbocycles. The van der Waals surface area contributed by atoms with Crippen LogP contribution in [0.5, 0.6) is 0 Å². The molecule has 0 saturated carbocycles. The fourth-order valence-corrected chi connectivity index (χ4v) is 3.77. The van der Waals surface area contributed by atoms with Gasteiger partial charge in [-0.25, -0.2) is 0 Å². The third-order valence-corrected chi connectivity index (χ3v) is 5.37. The molecule has 1 amide bonds. The summed E-state index contributed by atoms with van der Waals surface area (Å²) in [4.78, 5) is 39.9. The Hall–Kier alpha value is -3.04. The van der Waals surface area contributed by atoms with Gasteiger partial charge in [-0.05, 0) is 43.2 Å². The summed E-state index contributed by atoms with van der Waals surface area (Å²) in [6, 6.07) is 8.23. The highest BCUT2D eigenvalue weighted by molar-refractivity contribution is 7.12. The predicted molar refractivity (Wildman–Crippen MR) is 104 cm³/mol. The minimum absolute atomic E-state index is 0.0000548. The van der Waals surface area contributed by atoms with Gasteiger partial charge in [0.15, 0.2) is 5.76 Å². The molecule has 0 fully saturated rings. The number of rotatable bonds is 7. The van der Waals surface area contributed by atoms with Crippen molar-refractivity contribution in [3.05, 3.63) is 73.7 Å². The summed E-state index contributed by atoms with van der Waals surface area (Å²) < 4.78 is 0. The summed E-state index contributed by atoms with van der Waals surface area (Å²) in [5, 5.41) is 23.2. The number of hydrogen-bond acceptors (Lipinski definition) is 7. The number of aliphatic hydroxyl groups excluding tert-OH is 1. The van der Waals surface area contributed by atoms with Crippen LogP contribution in [0.4, 0.5) is 5.69 Å². The molecule has 146 valence electrons. The van der Waals surface area contributed by atoms with Gasteiger partial charge in [-0.3, -0.25) is 19.7 Å². The molecule has 1 aliphatic heterocycles. The molecular formula is C19H19N3O5S. The van der Waals surface area contributed by atoms with E-state index < -0.39 is 28.4 Å². The Bertz CT molecular complexity index is 935. The number of nitro groups is 1. The summed E-state index contributed by atoms with van der Waals surface area (Å²) in [6.45, 7) is 0.821. The fraction of sp³-hybridized carbons (Fsp3) is 0.263. The molecule has 1 N–H and O–H groups in total. The zero-order valence-corrected chi connectivity index (χ0v) is 16.2. The Morgan fingerprint density at radius 2 is 1.96 bits per heavy atom. The summed E-state index contributed by atoms with van der Waals surface area (Å²) in [5.74, 6) is -1.61. The maximum atomic E-state index is 13.0. The zero-order valence-electron chi connectivity index (χ0n) is 15.4. The van der Waals surface area contributed by atoms with Gasteiger partial charge in [0.1, 0.15) is 0 Å². The minimum atomic E-state index is -0.803. The van der Waals surface area contributed by atoms with Crippen molar-refractivity contribution in [1.82, 2.24) is 9.80 Å². The van der Waals surface area contributed by atoms with E-state index in [0.29, 0.717) is 23.5 Å². The van der Waals surface area contributed by atoms with Crippen LogP contribution in [0.25, 0.3) is 0 Å². The second-order valence-corrected chi connectivity index (χ2v) is 7.57. The first-order valence-electron chi connectivity index (χ1n) is 8.52. The molecular weight excluding hydrogens is 382 g/mol. The van der Waals surface area contributed by atoms with E-state index in [1.165, 1.54) is 40.5 Å². The number of ketones is 1. The van der Waals surface area contributed by atoms with Gasteiger partial charge in [-0.2, -0.15) is 0 Å². The Kier molecular flexibility index (Phi) is 5.57. The number of amides is 1. The van der Waals surface area contributed by atoms with Gasteiger partial charge in [0.25, 0.3) is 11.6 Å². The average Bonchev–Trinajstić information content (AvgIpc) is 3.28. The number of thiophene rings is 1. The number of carbonyl (C=O) groups is 2. The number of non-ortho nitro benzene ring substituents is 1. The summed E-state index contributed by atoms with van der Waals surface area (Å²) in [6.07, 6.45) is 0. The van der Waals surface area contributed by atoms with Crippen LogP contribution in [0.15, 0.2) is 53.1 Å². The lowest BCUT2D eigenvalue weighted by Gasteiger charge is -2.27. The van der Waals surface area contributed by atoms with Gasteiger partial charge < -0.3 is 14.9 Å². The number of Topliss-reactive ketones (excluding diaryl/α,β-unsaturated/α-hetero) is 1. The Morgan fingerprint density at radius 1 is 1.29 bits per heavy atom. The molecule has 0 spiro atoms. The van der Waals surface area contributed by atoms with Gasteiger partial charge in [0.2, 0.25) is 5.78 Å². The van der Waals surface area contributed by atoms with Crippen molar-refractivity contribution in [2.75, 3.05) is 27.2 Å². The van der Waals surface area contributed by atoms with Crippen LogP contribution in [-0.2, 0) is 4.79 Å². The number of aliphatic hydroxyl groups is 1. The third-order valence-electron chi connectivity index (χ3n) is 4.50. The number of benzene rings is 1. The van der Waals surface area contributed by atoms with Crippen molar-refractivity contribution < 1.29 is 19.6 Å². The summed E-state index contributed by atoms with van der Waals surface area (Å²) >= 11 is 1.22. The zero-order chi connectivity index (χ0) is 20.4. The molecule has 28 heavy (non-hydrogen) atoms. The van der Waals surface area contributed by atoms with E-state index in [9.17, 15) is 24.8 Å².